The van der Waals surface area contributed by atoms with Crippen LogP contribution in [0.4, 0.5) is 0 Å². The fourth-order valence-corrected chi connectivity index (χ4v) is 3.04. The maximum Gasteiger partial charge on any atom is 0.0149 e. The zero-order valence-corrected chi connectivity index (χ0v) is 8.74. The topological polar surface area (TPSA) is 32.5 Å². The van der Waals surface area contributed by atoms with Crippen LogP contribution in [0.2, 0.25) is 0 Å². The molecule has 0 aromatic heterocycles. The number of nitrogens with two attached hydrogens (primary N) is 1. The van der Waals surface area contributed by atoms with E-state index in [1.54, 1.807) is 0 Å². The summed E-state index contributed by atoms with van der Waals surface area (Å²) in [4.78, 5) is 4.96. The van der Waals surface area contributed by atoms with E-state index in [0.717, 1.165) is 24.4 Å². The van der Waals surface area contributed by atoms with Crippen molar-refractivity contribution in [3.8, 4) is 0 Å². The first-order valence-electron chi connectivity index (χ1n) is 5.31. The average molecular weight is 183 g/mol. The van der Waals surface area contributed by atoms with Gasteiger partial charge < -0.3 is 15.5 Å². The minimum atomic E-state index is 0.734. The van der Waals surface area contributed by atoms with Gasteiger partial charge in [-0.2, -0.15) is 0 Å². The summed E-state index contributed by atoms with van der Waals surface area (Å²) >= 11 is 0. The summed E-state index contributed by atoms with van der Waals surface area (Å²) in [5.74, 6) is 1.56. The first-order valence-corrected chi connectivity index (χ1v) is 5.31. The molecule has 2 fully saturated rings. The van der Waals surface area contributed by atoms with Crippen molar-refractivity contribution in [2.24, 2.45) is 17.6 Å². The van der Waals surface area contributed by atoms with Crippen LogP contribution in [0.25, 0.3) is 0 Å². The molecule has 0 aliphatic carbocycles. The summed E-state index contributed by atoms with van der Waals surface area (Å²) < 4.78 is 0. The SMILES string of the molecule is CN1CCC2C(C1)C(CN)CN2C. The highest BCUT2D eigenvalue weighted by Gasteiger charge is 2.41. The highest BCUT2D eigenvalue weighted by atomic mass is 15.2. The molecule has 0 saturated carbocycles. The monoisotopic (exact) mass is 183 g/mol. The summed E-state index contributed by atoms with van der Waals surface area (Å²) in [6.07, 6.45) is 1.33. The van der Waals surface area contributed by atoms with Crippen LogP contribution in [0.3, 0.4) is 0 Å². The third-order valence-corrected chi connectivity index (χ3v) is 3.82. The van der Waals surface area contributed by atoms with Gasteiger partial charge in [-0.05, 0) is 45.4 Å². The van der Waals surface area contributed by atoms with Crippen LogP contribution in [0.1, 0.15) is 6.42 Å². The molecule has 3 atom stereocenters. The Balaban J connectivity index is 2.06. The van der Waals surface area contributed by atoms with E-state index in [9.17, 15) is 0 Å². The Kier molecular flexibility index (Phi) is 2.58. The summed E-state index contributed by atoms with van der Waals surface area (Å²) in [7, 11) is 4.47. The normalized spacial score (nSPS) is 42.2. The number of piperidine rings is 1. The Morgan fingerprint density at radius 2 is 2.08 bits per heavy atom. The van der Waals surface area contributed by atoms with Crippen molar-refractivity contribution >= 4 is 0 Å². The second-order valence-electron chi connectivity index (χ2n) is 4.72. The van der Waals surface area contributed by atoms with E-state index in [0.29, 0.717) is 0 Å². The quantitative estimate of drug-likeness (QED) is 0.612. The number of nitrogens with zero attached hydrogens (tertiary/aromatic N) is 2. The summed E-state index contributed by atoms with van der Waals surface area (Å²) in [6, 6.07) is 0.810. The van der Waals surface area contributed by atoms with Crippen molar-refractivity contribution in [3.63, 3.8) is 0 Å². The van der Waals surface area contributed by atoms with E-state index in [2.05, 4.69) is 23.9 Å². The molecule has 13 heavy (non-hydrogen) atoms. The zero-order chi connectivity index (χ0) is 9.42. The lowest BCUT2D eigenvalue weighted by molar-refractivity contribution is 0.135. The van der Waals surface area contributed by atoms with Gasteiger partial charge in [0.25, 0.3) is 0 Å². The number of hydrogen-bond donors (Lipinski definition) is 1. The molecule has 0 spiro atoms. The Bertz CT molecular complexity index is 183. The lowest BCUT2D eigenvalue weighted by Gasteiger charge is -2.36. The van der Waals surface area contributed by atoms with E-state index >= 15 is 0 Å². The lowest BCUT2D eigenvalue weighted by atomic mass is 9.86. The molecule has 0 amide bonds. The molecule has 0 aromatic rings. The van der Waals surface area contributed by atoms with Crippen molar-refractivity contribution in [2.45, 2.75) is 12.5 Å². The maximum absolute atomic E-state index is 5.80. The van der Waals surface area contributed by atoms with Gasteiger partial charge in [-0.15, -0.1) is 0 Å². The summed E-state index contributed by atoms with van der Waals surface area (Å²) in [5.41, 5.74) is 5.80. The highest BCUT2D eigenvalue weighted by Crippen LogP contribution is 2.33. The number of rotatable bonds is 1. The van der Waals surface area contributed by atoms with Crippen LogP contribution in [0, 0.1) is 11.8 Å². The van der Waals surface area contributed by atoms with E-state index in [-0.39, 0.29) is 0 Å². The molecule has 2 rings (SSSR count). The molecule has 0 bridgehead atoms. The average Bonchev–Trinajstić information content (AvgIpc) is 2.42. The number of likely N-dealkylation sites (tertiary alicyclic amines) is 2. The minimum Gasteiger partial charge on any atom is -0.330 e. The van der Waals surface area contributed by atoms with E-state index in [1.807, 2.05) is 0 Å². The van der Waals surface area contributed by atoms with Crippen LogP contribution >= 0.6 is 0 Å². The van der Waals surface area contributed by atoms with Crippen LogP contribution in [0.15, 0.2) is 0 Å². The molecule has 2 N–H and O–H groups in total. The number of hydrogen-bond acceptors (Lipinski definition) is 3. The standard InChI is InChI=1S/C10H21N3/c1-12-4-3-10-9(7-12)8(5-11)6-13(10)2/h8-10H,3-7,11H2,1-2H3. The van der Waals surface area contributed by atoms with Crippen molar-refractivity contribution in [1.82, 2.24) is 9.80 Å². The van der Waals surface area contributed by atoms with Gasteiger partial charge in [-0.1, -0.05) is 0 Å². The molecular formula is C10H21N3. The van der Waals surface area contributed by atoms with Crippen molar-refractivity contribution < 1.29 is 0 Å². The third-order valence-electron chi connectivity index (χ3n) is 3.82. The van der Waals surface area contributed by atoms with Crippen molar-refractivity contribution in [1.29, 1.82) is 0 Å². The Labute approximate surface area is 80.9 Å². The molecule has 2 aliphatic heterocycles. The third kappa shape index (κ3) is 1.60. The zero-order valence-electron chi connectivity index (χ0n) is 8.74. The molecule has 2 saturated heterocycles. The van der Waals surface area contributed by atoms with Gasteiger partial charge in [0.05, 0.1) is 0 Å². The molecule has 0 radical (unpaired) electrons. The van der Waals surface area contributed by atoms with E-state index in [4.69, 9.17) is 5.73 Å². The molecular weight excluding hydrogens is 162 g/mol. The minimum absolute atomic E-state index is 0.734. The Morgan fingerprint density at radius 1 is 1.31 bits per heavy atom. The second kappa shape index (κ2) is 3.56. The van der Waals surface area contributed by atoms with Crippen molar-refractivity contribution in [3.05, 3.63) is 0 Å². The van der Waals surface area contributed by atoms with Gasteiger partial charge in [-0.3, -0.25) is 0 Å². The Morgan fingerprint density at radius 3 is 2.77 bits per heavy atom. The van der Waals surface area contributed by atoms with E-state index < -0.39 is 0 Å². The van der Waals surface area contributed by atoms with Crippen LogP contribution in [-0.4, -0.2) is 56.1 Å². The second-order valence-corrected chi connectivity index (χ2v) is 4.72. The summed E-state index contributed by atoms with van der Waals surface area (Å²) in [5, 5.41) is 0. The van der Waals surface area contributed by atoms with Crippen LogP contribution in [0.5, 0.6) is 0 Å². The van der Waals surface area contributed by atoms with Crippen LogP contribution < -0.4 is 5.73 Å². The number of fused-ring (bicyclic) bond motifs is 1. The predicted molar refractivity (Wildman–Crippen MR) is 54.6 cm³/mol. The van der Waals surface area contributed by atoms with Gasteiger partial charge in [0.2, 0.25) is 0 Å². The largest absolute Gasteiger partial charge is 0.330 e. The first-order chi connectivity index (χ1) is 6.22. The smallest absolute Gasteiger partial charge is 0.0149 e. The van der Waals surface area contributed by atoms with Gasteiger partial charge >= 0.3 is 0 Å². The molecule has 0 aromatic carbocycles. The van der Waals surface area contributed by atoms with Gasteiger partial charge in [-0.25, -0.2) is 0 Å². The fourth-order valence-electron chi connectivity index (χ4n) is 3.04. The van der Waals surface area contributed by atoms with Gasteiger partial charge in [0.15, 0.2) is 0 Å². The Hall–Kier alpha value is -0.120. The van der Waals surface area contributed by atoms with Gasteiger partial charge in [0, 0.05) is 19.1 Å². The van der Waals surface area contributed by atoms with Crippen molar-refractivity contribution in [2.75, 3.05) is 40.3 Å². The predicted octanol–water partition coefficient (Wildman–Crippen LogP) is -0.173. The molecule has 76 valence electrons. The first kappa shape index (κ1) is 9.44. The maximum atomic E-state index is 5.80. The molecule has 3 heteroatoms. The van der Waals surface area contributed by atoms with Gasteiger partial charge in [0.1, 0.15) is 0 Å². The molecule has 2 aliphatic rings. The molecule has 3 unspecified atom stereocenters. The molecule has 2 heterocycles. The highest BCUT2D eigenvalue weighted by molar-refractivity contribution is 4.95. The fraction of sp³-hybridized carbons (Fsp3) is 1.00. The van der Waals surface area contributed by atoms with Crippen LogP contribution in [-0.2, 0) is 0 Å². The summed E-state index contributed by atoms with van der Waals surface area (Å²) in [6.45, 7) is 4.57. The van der Waals surface area contributed by atoms with E-state index in [1.165, 1.54) is 26.1 Å². The molecule has 3 nitrogen and oxygen atoms in total. The lowest BCUT2D eigenvalue weighted by Crippen LogP contribution is -2.44.